The molecule has 0 bridgehead atoms. The van der Waals surface area contributed by atoms with Crippen LogP contribution < -0.4 is 9.62 Å². The number of rotatable bonds is 8. The van der Waals surface area contributed by atoms with Gasteiger partial charge in [0.25, 0.3) is 5.91 Å². The molecule has 8 heteroatoms. The van der Waals surface area contributed by atoms with E-state index in [9.17, 15) is 13.2 Å². The quantitative estimate of drug-likeness (QED) is 0.731. The Hall–Kier alpha value is -2.35. The molecule has 1 heterocycles. The predicted octanol–water partition coefficient (Wildman–Crippen LogP) is 1.49. The Morgan fingerprint density at radius 1 is 1.29 bits per heavy atom. The maximum atomic E-state index is 12.1. The number of sulfonamides is 1. The highest BCUT2D eigenvalue weighted by molar-refractivity contribution is 7.92. The van der Waals surface area contributed by atoms with Crippen LogP contribution in [0.25, 0.3) is 0 Å². The number of nitrogens with zero attached hydrogens (tertiary/aromatic N) is 3. The smallest absolute Gasteiger partial charge is 0.251 e. The van der Waals surface area contributed by atoms with E-state index in [1.165, 1.54) is 11.4 Å². The molecular formula is C16H22N4O3S. The van der Waals surface area contributed by atoms with E-state index in [-0.39, 0.29) is 11.7 Å². The van der Waals surface area contributed by atoms with Gasteiger partial charge in [0.05, 0.1) is 17.8 Å². The van der Waals surface area contributed by atoms with E-state index in [1.807, 2.05) is 10.8 Å². The average molecular weight is 350 g/mol. The van der Waals surface area contributed by atoms with Crippen LogP contribution in [0.1, 0.15) is 23.7 Å². The van der Waals surface area contributed by atoms with E-state index < -0.39 is 10.0 Å². The Morgan fingerprint density at radius 3 is 2.58 bits per heavy atom. The van der Waals surface area contributed by atoms with Gasteiger partial charge in [-0.15, -0.1) is 0 Å². The van der Waals surface area contributed by atoms with Crippen LogP contribution in [0.4, 0.5) is 5.69 Å². The van der Waals surface area contributed by atoms with E-state index >= 15 is 0 Å². The predicted molar refractivity (Wildman–Crippen MR) is 93.5 cm³/mol. The lowest BCUT2D eigenvalue weighted by molar-refractivity contribution is 0.0952. The second-order valence-corrected chi connectivity index (χ2v) is 7.61. The van der Waals surface area contributed by atoms with Crippen molar-refractivity contribution in [3.63, 3.8) is 0 Å². The minimum absolute atomic E-state index is 0.0304. The van der Waals surface area contributed by atoms with Gasteiger partial charge in [0.2, 0.25) is 10.0 Å². The number of hydrogen-bond acceptors (Lipinski definition) is 4. The van der Waals surface area contributed by atoms with E-state index in [0.717, 1.165) is 13.0 Å². The van der Waals surface area contributed by atoms with Gasteiger partial charge in [0.15, 0.2) is 0 Å². The van der Waals surface area contributed by atoms with E-state index in [4.69, 9.17) is 0 Å². The first-order valence-corrected chi connectivity index (χ1v) is 9.35. The Morgan fingerprint density at radius 2 is 2.00 bits per heavy atom. The van der Waals surface area contributed by atoms with Crippen LogP contribution in [-0.4, -0.2) is 43.2 Å². The van der Waals surface area contributed by atoms with Crippen LogP contribution >= 0.6 is 0 Å². The number of carbonyl (C=O) groups excluding carboxylic acids is 1. The van der Waals surface area contributed by atoms with Crippen LogP contribution in [0.2, 0.25) is 0 Å². The monoisotopic (exact) mass is 350 g/mol. The first kappa shape index (κ1) is 18.0. The lowest BCUT2D eigenvalue weighted by Gasteiger charge is -2.18. The molecule has 0 saturated heterocycles. The van der Waals surface area contributed by atoms with Crippen LogP contribution in [0.3, 0.4) is 0 Å². The Balaban J connectivity index is 1.87. The number of amides is 1. The molecule has 0 saturated carbocycles. The molecule has 1 aromatic heterocycles. The van der Waals surface area contributed by atoms with Crippen molar-refractivity contribution in [3.8, 4) is 0 Å². The molecule has 1 aromatic carbocycles. The second-order valence-electron chi connectivity index (χ2n) is 5.32. The molecule has 130 valence electrons. The molecule has 7 nitrogen and oxygen atoms in total. The first-order chi connectivity index (χ1) is 11.4. The van der Waals surface area contributed by atoms with Gasteiger partial charge in [-0.3, -0.25) is 9.10 Å². The van der Waals surface area contributed by atoms with E-state index in [0.29, 0.717) is 17.8 Å². The summed E-state index contributed by atoms with van der Waals surface area (Å²) in [6.07, 6.45) is 6.14. The third-order valence-corrected chi connectivity index (χ3v) is 5.49. The largest absolute Gasteiger partial charge is 0.352 e. The Labute approximate surface area is 142 Å². The summed E-state index contributed by atoms with van der Waals surface area (Å²) in [5, 5.41) is 2.85. The zero-order valence-corrected chi connectivity index (χ0v) is 14.7. The van der Waals surface area contributed by atoms with Gasteiger partial charge in [0.1, 0.15) is 0 Å². The fraction of sp³-hybridized carbons (Fsp3) is 0.375. The summed E-state index contributed by atoms with van der Waals surface area (Å²) in [5.41, 5.74) is 1.04. The molecule has 0 aliphatic carbocycles. The SMILES string of the molecule is CCS(=O)(=O)N(C)c1ccc(C(=O)NCCCn2ccnc2)cc1. The van der Waals surface area contributed by atoms with Crippen LogP contribution in [0, 0.1) is 0 Å². The number of hydrogen-bond donors (Lipinski definition) is 1. The fourth-order valence-electron chi connectivity index (χ4n) is 2.16. The maximum Gasteiger partial charge on any atom is 0.251 e. The van der Waals surface area contributed by atoms with Crippen molar-refractivity contribution in [3.05, 3.63) is 48.5 Å². The fourth-order valence-corrected chi connectivity index (χ4v) is 2.99. The van der Waals surface area contributed by atoms with Crippen molar-refractivity contribution in [1.29, 1.82) is 0 Å². The zero-order valence-electron chi connectivity index (χ0n) is 13.8. The number of aryl methyl sites for hydroxylation is 1. The standard InChI is InChI=1S/C16H22N4O3S/c1-3-24(22,23)19(2)15-7-5-14(6-8-15)16(21)18-9-4-11-20-12-10-17-13-20/h5-8,10,12-13H,3-4,9,11H2,1-2H3,(H,18,21). The molecule has 2 aromatic rings. The van der Waals surface area contributed by atoms with Gasteiger partial charge in [-0.05, 0) is 37.6 Å². The number of aromatic nitrogens is 2. The first-order valence-electron chi connectivity index (χ1n) is 7.74. The van der Waals surface area contributed by atoms with Crippen molar-refractivity contribution in [1.82, 2.24) is 14.9 Å². The summed E-state index contributed by atoms with van der Waals surface area (Å²) in [6.45, 7) is 2.94. The van der Waals surface area contributed by atoms with E-state index in [1.54, 1.807) is 43.7 Å². The number of benzene rings is 1. The van der Waals surface area contributed by atoms with Crippen LogP contribution in [-0.2, 0) is 16.6 Å². The Kier molecular flexibility index (Phi) is 5.97. The third kappa shape index (κ3) is 4.58. The lowest BCUT2D eigenvalue weighted by atomic mass is 10.2. The molecule has 1 N–H and O–H groups in total. The molecule has 2 rings (SSSR count). The molecule has 0 fully saturated rings. The second kappa shape index (κ2) is 7.96. The van der Waals surface area contributed by atoms with Gasteiger partial charge in [-0.2, -0.15) is 0 Å². The van der Waals surface area contributed by atoms with Crippen molar-refractivity contribution in [2.45, 2.75) is 19.9 Å². The summed E-state index contributed by atoms with van der Waals surface area (Å²) in [6, 6.07) is 6.52. The van der Waals surface area contributed by atoms with Gasteiger partial charge >= 0.3 is 0 Å². The molecule has 0 aliphatic rings. The molecular weight excluding hydrogens is 328 g/mol. The maximum absolute atomic E-state index is 12.1. The van der Waals surface area contributed by atoms with Crippen molar-refractivity contribution < 1.29 is 13.2 Å². The van der Waals surface area contributed by atoms with Gasteiger partial charge in [0, 0.05) is 38.1 Å². The average Bonchev–Trinajstić information content (AvgIpc) is 3.11. The highest BCUT2D eigenvalue weighted by atomic mass is 32.2. The minimum Gasteiger partial charge on any atom is -0.352 e. The van der Waals surface area contributed by atoms with E-state index in [2.05, 4.69) is 10.3 Å². The van der Waals surface area contributed by atoms with Gasteiger partial charge in [-0.1, -0.05) is 0 Å². The molecule has 0 aliphatic heterocycles. The summed E-state index contributed by atoms with van der Waals surface area (Å²) >= 11 is 0. The molecule has 0 unspecified atom stereocenters. The number of nitrogens with one attached hydrogen (secondary N) is 1. The highest BCUT2D eigenvalue weighted by Gasteiger charge is 2.16. The van der Waals surface area contributed by atoms with Crippen LogP contribution in [0.5, 0.6) is 0 Å². The number of carbonyl (C=O) groups is 1. The molecule has 0 spiro atoms. The zero-order chi connectivity index (χ0) is 17.6. The molecule has 1 amide bonds. The van der Waals surface area contributed by atoms with Gasteiger partial charge in [-0.25, -0.2) is 13.4 Å². The van der Waals surface area contributed by atoms with Crippen molar-refractivity contribution >= 4 is 21.6 Å². The van der Waals surface area contributed by atoms with Crippen LogP contribution in [0.15, 0.2) is 43.0 Å². The van der Waals surface area contributed by atoms with Gasteiger partial charge < -0.3 is 9.88 Å². The van der Waals surface area contributed by atoms with Crippen molar-refractivity contribution in [2.24, 2.45) is 0 Å². The third-order valence-electron chi connectivity index (χ3n) is 3.71. The molecule has 24 heavy (non-hydrogen) atoms. The minimum atomic E-state index is -3.30. The topological polar surface area (TPSA) is 84.3 Å². The number of anilines is 1. The Bertz CT molecular complexity index is 755. The van der Waals surface area contributed by atoms with Crippen molar-refractivity contribution in [2.75, 3.05) is 23.7 Å². The summed E-state index contributed by atoms with van der Waals surface area (Å²) in [4.78, 5) is 16.0. The normalized spacial score (nSPS) is 11.2. The lowest BCUT2D eigenvalue weighted by Crippen LogP contribution is -2.28. The molecule has 0 radical (unpaired) electrons. The molecule has 0 atom stereocenters. The summed E-state index contributed by atoms with van der Waals surface area (Å²) in [5.74, 6) is -0.143. The highest BCUT2D eigenvalue weighted by Crippen LogP contribution is 2.17. The summed E-state index contributed by atoms with van der Waals surface area (Å²) < 4.78 is 26.8. The number of imidazole rings is 1. The summed E-state index contributed by atoms with van der Waals surface area (Å²) in [7, 11) is -1.79.